The Bertz CT molecular complexity index is 436. The van der Waals surface area contributed by atoms with E-state index in [0.29, 0.717) is 6.10 Å². The van der Waals surface area contributed by atoms with Crippen LogP contribution in [-0.2, 0) is 11.2 Å². The van der Waals surface area contributed by atoms with Crippen LogP contribution >= 0.6 is 0 Å². The Kier molecular flexibility index (Phi) is 6.23. The number of hydrogen-bond donors (Lipinski definition) is 1. The SMILES string of the molecule is CCCNc1ncnc(N2CCCC(OCC)C2)c1CC. The molecular formula is C16H28N4O. The second-order valence-electron chi connectivity index (χ2n) is 5.47. The van der Waals surface area contributed by atoms with Crippen molar-refractivity contribution >= 4 is 11.6 Å². The molecule has 0 radical (unpaired) electrons. The fourth-order valence-electron chi connectivity index (χ4n) is 2.90. The van der Waals surface area contributed by atoms with Crippen molar-refractivity contribution in [1.29, 1.82) is 0 Å². The second kappa shape index (κ2) is 8.17. The summed E-state index contributed by atoms with van der Waals surface area (Å²) in [5, 5.41) is 3.42. The summed E-state index contributed by atoms with van der Waals surface area (Å²) in [5.41, 5.74) is 1.23. The lowest BCUT2D eigenvalue weighted by atomic mass is 10.1. The molecule has 1 unspecified atom stereocenters. The number of nitrogens with one attached hydrogen (secondary N) is 1. The third-order valence-electron chi connectivity index (χ3n) is 3.90. The van der Waals surface area contributed by atoms with Gasteiger partial charge in [0.25, 0.3) is 0 Å². The summed E-state index contributed by atoms with van der Waals surface area (Å²) in [5.74, 6) is 2.07. The van der Waals surface area contributed by atoms with Crippen LogP contribution in [0.2, 0.25) is 0 Å². The normalized spacial score (nSPS) is 18.8. The number of piperidine rings is 1. The maximum Gasteiger partial charge on any atom is 0.137 e. The van der Waals surface area contributed by atoms with Crippen LogP contribution in [0.4, 0.5) is 11.6 Å². The van der Waals surface area contributed by atoms with Gasteiger partial charge in [0.15, 0.2) is 0 Å². The fourth-order valence-corrected chi connectivity index (χ4v) is 2.90. The number of hydrogen-bond acceptors (Lipinski definition) is 5. The summed E-state index contributed by atoms with van der Waals surface area (Å²) in [6.07, 6.45) is 6.36. The molecule has 2 rings (SSSR count). The van der Waals surface area contributed by atoms with Gasteiger partial charge in [-0.25, -0.2) is 9.97 Å². The van der Waals surface area contributed by atoms with Gasteiger partial charge >= 0.3 is 0 Å². The fraction of sp³-hybridized carbons (Fsp3) is 0.750. The molecule has 0 aliphatic carbocycles. The molecule has 0 amide bonds. The van der Waals surface area contributed by atoms with Gasteiger partial charge in [-0.15, -0.1) is 0 Å². The highest BCUT2D eigenvalue weighted by Crippen LogP contribution is 2.27. The lowest BCUT2D eigenvalue weighted by Crippen LogP contribution is -2.40. The molecule has 0 saturated carbocycles. The van der Waals surface area contributed by atoms with Crippen molar-refractivity contribution in [2.45, 2.75) is 52.6 Å². The summed E-state index contributed by atoms with van der Waals surface area (Å²) >= 11 is 0. The summed E-state index contributed by atoms with van der Waals surface area (Å²) < 4.78 is 5.80. The predicted molar refractivity (Wildman–Crippen MR) is 87.1 cm³/mol. The second-order valence-corrected chi connectivity index (χ2v) is 5.47. The predicted octanol–water partition coefficient (Wildman–Crippen LogP) is 2.87. The van der Waals surface area contributed by atoms with E-state index in [-0.39, 0.29) is 0 Å². The van der Waals surface area contributed by atoms with Gasteiger partial charge in [0, 0.05) is 31.8 Å². The summed E-state index contributed by atoms with van der Waals surface area (Å²) in [7, 11) is 0. The van der Waals surface area contributed by atoms with Crippen LogP contribution in [0.3, 0.4) is 0 Å². The van der Waals surface area contributed by atoms with Crippen LogP contribution in [-0.4, -0.2) is 42.3 Å². The zero-order valence-electron chi connectivity index (χ0n) is 13.6. The van der Waals surface area contributed by atoms with Gasteiger partial charge in [0.2, 0.25) is 0 Å². The van der Waals surface area contributed by atoms with Gasteiger partial charge in [-0.1, -0.05) is 13.8 Å². The van der Waals surface area contributed by atoms with Crippen molar-refractivity contribution in [1.82, 2.24) is 9.97 Å². The Labute approximate surface area is 128 Å². The third kappa shape index (κ3) is 4.06. The Balaban J connectivity index is 2.17. The molecule has 1 atom stereocenters. The van der Waals surface area contributed by atoms with Crippen molar-refractivity contribution in [3.8, 4) is 0 Å². The minimum Gasteiger partial charge on any atom is -0.377 e. The standard InChI is InChI=1S/C16H28N4O/c1-4-9-17-15-14(5-2)16(19-12-18-15)20-10-7-8-13(11-20)21-6-3/h12-13H,4-11H2,1-3H3,(H,17,18,19). The van der Waals surface area contributed by atoms with Crippen LogP contribution in [0, 0.1) is 0 Å². The van der Waals surface area contributed by atoms with Gasteiger partial charge in [0.05, 0.1) is 6.10 Å². The number of anilines is 2. The first kappa shape index (κ1) is 16.0. The molecule has 1 aromatic rings. The van der Waals surface area contributed by atoms with E-state index in [1.165, 1.54) is 5.56 Å². The molecular weight excluding hydrogens is 264 g/mol. The van der Waals surface area contributed by atoms with E-state index in [2.05, 4.69) is 41.0 Å². The Morgan fingerprint density at radius 1 is 1.33 bits per heavy atom. The number of aromatic nitrogens is 2. The monoisotopic (exact) mass is 292 g/mol. The molecule has 0 spiro atoms. The molecule has 1 aliphatic rings. The number of ether oxygens (including phenoxy) is 1. The van der Waals surface area contributed by atoms with Crippen molar-refractivity contribution in [2.75, 3.05) is 36.5 Å². The molecule has 1 N–H and O–H groups in total. The Morgan fingerprint density at radius 3 is 2.90 bits per heavy atom. The van der Waals surface area contributed by atoms with E-state index < -0.39 is 0 Å². The summed E-state index contributed by atoms with van der Waals surface area (Å²) in [4.78, 5) is 11.3. The first-order chi connectivity index (χ1) is 10.3. The van der Waals surface area contributed by atoms with Crippen LogP contribution in [0.5, 0.6) is 0 Å². The maximum absolute atomic E-state index is 5.80. The summed E-state index contributed by atoms with van der Waals surface area (Å²) in [6, 6.07) is 0. The van der Waals surface area contributed by atoms with E-state index in [1.54, 1.807) is 6.33 Å². The maximum atomic E-state index is 5.80. The third-order valence-corrected chi connectivity index (χ3v) is 3.90. The van der Waals surface area contributed by atoms with Gasteiger partial charge in [-0.05, 0) is 32.6 Å². The molecule has 118 valence electrons. The Hall–Kier alpha value is -1.36. The molecule has 0 aromatic carbocycles. The van der Waals surface area contributed by atoms with Gasteiger partial charge < -0.3 is 15.0 Å². The molecule has 1 saturated heterocycles. The van der Waals surface area contributed by atoms with Gasteiger partial charge in [-0.3, -0.25) is 0 Å². The molecule has 5 heteroatoms. The lowest BCUT2D eigenvalue weighted by Gasteiger charge is -2.34. The van der Waals surface area contributed by atoms with Crippen molar-refractivity contribution < 1.29 is 4.74 Å². The number of nitrogens with zero attached hydrogens (tertiary/aromatic N) is 3. The van der Waals surface area contributed by atoms with Gasteiger partial charge in [-0.2, -0.15) is 0 Å². The van der Waals surface area contributed by atoms with E-state index in [9.17, 15) is 0 Å². The largest absolute Gasteiger partial charge is 0.377 e. The first-order valence-corrected chi connectivity index (χ1v) is 8.24. The molecule has 21 heavy (non-hydrogen) atoms. The molecule has 5 nitrogen and oxygen atoms in total. The summed E-state index contributed by atoms with van der Waals surface area (Å²) in [6.45, 7) is 10.1. The average Bonchev–Trinajstić information content (AvgIpc) is 2.53. The zero-order chi connectivity index (χ0) is 15.1. The van der Waals surface area contributed by atoms with Crippen molar-refractivity contribution in [2.24, 2.45) is 0 Å². The quantitative estimate of drug-likeness (QED) is 0.837. The van der Waals surface area contributed by atoms with E-state index in [0.717, 1.165) is 63.6 Å². The highest BCUT2D eigenvalue weighted by atomic mass is 16.5. The lowest BCUT2D eigenvalue weighted by molar-refractivity contribution is 0.0525. The van der Waals surface area contributed by atoms with E-state index in [4.69, 9.17) is 4.74 Å². The molecule has 2 heterocycles. The number of rotatable bonds is 7. The molecule has 1 aliphatic heterocycles. The van der Waals surface area contributed by atoms with E-state index >= 15 is 0 Å². The molecule has 0 bridgehead atoms. The highest BCUT2D eigenvalue weighted by molar-refractivity contribution is 5.59. The van der Waals surface area contributed by atoms with E-state index in [1.807, 2.05) is 0 Å². The minimum absolute atomic E-state index is 0.329. The van der Waals surface area contributed by atoms with Gasteiger partial charge in [0.1, 0.15) is 18.0 Å². The van der Waals surface area contributed by atoms with Crippen LogP contribution < -0.4 is 10.2 Å². The van der Waals surface area contributed by atoms with Crippen LogP contribution in [0.1, 0.15) is 45.6 Å². The van der Waals surface area contributed by atoms with Crippen molar-refractivity contribution in [3.63, 3.8) is 0 Å². The van der Waals surface area contributed by atoms with Crippen LogP contribution in [0.15, 0.2) is 6.33 Å². The van der Waals surface area contributed by atoms with Crippen molar-refractivity contribution in [3.05, 3.63) is 11.9 Å². The highest BCUT2D eigenvalue weighted by Gasteiger charge is 2.23. The smallest absolute Gasteiger partial charge is 0.137 e. The van der Waals surface area contributed by atoms with Crippen LogP contribution in [0.25, 0.3) is 0 Å². The Morgan fingerprint density at radius 2 is 2.19 bits per heavy atom. The topological polar surface area (TPSA) is 50.3 Å². The minimum atomic E-state index is 0.329. The molecule has 1 aromatic heterocycles. The molecule has 1 fully saturated rings. The zero-order valence-corrected chi connectivity index (χ0v) is 13.6. The first-order valence-electron chi connectivity index (χ1n) is 8.24. The average molecular weight is 292 g/mol.